The number of anilines is 1. The first kappa shape index (κ1) is 17.4. The molecule has 0 aliphatic carbocycles. The zero-order chi connectivity index (χ0) is 15.0. The third-order valence-corrected chi connectivity index (χ3v) is 3.87. The Labute approximate surface area is 130 Å². The van der Waals surface area contributed by atoms with Gasteiger partial charge in [0.25, 0.3) is 0 Å². The molecule has 0 aliphatic rings. The summed E-state index contributed by atoms with van der Waals surface area (Å²) in [6, 6.07) is 6.70. The van der Waals surface area contributed by atoms with Crippen LogP contribution in [0.4, 0.5) is 5.69 Å². The average molecular weight is 345 g/mol. The largest absolute Gasteiger partial charge is 0.395 e. The molecule has 1 aromatic rings. The SMILES string of the molecule is COCCNCc1ccc(N(CCO)C(C)C)cc1Br. The third kappa shape index (κ3) is 5.40. The monoisotopic (exact) mass is 344 g/mol. The Bertz CT molecular complexity index is 399. The zero-order valence-electron chi connectivity index (χ0n) is 12.5. The van der Waals surface area contributed by atoms with Crippen LogP contribution in [-0.2, 0) is 11.3 Å². The van der Waals surface area contributed by atoms with Gasteiger partial charge < -0.3 is 20.1 Å². The summed E-state index contributed by atoms with van der Waals surface area (Å²) in [6.45, 7) is 7.44. The van der Waals surface area contributed by atoms with Crippen molar-refractivity contribution >= 4 is 21.6 Å². The molecule has 0 fully saturated rings. The quantitative estimate of drug-likeness (QED) is 0.675. The third-order valence-electron chi connectivity index (χ3n) is 3.13. The Kier molecular flexibility index (Phi) is 8.14. The highest BCUT2D eigenvalue weighted by Gasteiger charge is 2.11. The number of ether oxygens (including phenoxy) is 1. The van der Waals surface area contributed by atoms with Gasteiger partial charge in [0.2, 0.25) is 0 Å². The van der Waals surface area contributed by atoms with Gasteiger partial charge in [-0.1, -0.05) is 22.0 Å². The second-order valence-electron chi connectivity index (χ2n) is 4.96. The van der Waals surface area contributed by atoms with Crippen LogP contribution in [0.15, 0.2) is 22.7 Å². The van der Waals surface area contributed by atoms with Gasteiger partial charge in [-0.25, -0.2) is 0 Å². The van der Waals surface area contributed by atoms with Crippen LogP contribution in [0.2, 0.25) is 0 Å². The molecule has 0 radical (unpaired) electrons. The predicted octanol–water partition coefficient (Wildman–Crippen LogP) is 2.39. The van der Waals surface area contributed by atoms with Gasteiger partial charge in [0, 0.05) is 42.9 Å². The standard InChI is InChI=1S/C15H25BrN2O2/c1-12(2)18(7-8-19)14-5-4-13(15(16)10-14)11-17-6-9-20-3/h4-5,10,12,17,19H,6-9,11H2,1-3H3. The summed E-state index contributed by atoms with van der Waals surface area (Å²) in [5.41, 5.74) is 2.35. The van der Waals surface area contributed by atoms with Crippen LogP contribution in [0.3, 0.4) is 0 Å². The van der Waals surface area contributed by atoms with E-state index in [9.17, 15) is 0 Å². The number of nitrogens with one attached hydrogen (secondary N) is 1. The van der Waals surface area contributed by atoms with Gasteiger partial charge in [-0.05, 0) is 31.5 Å². The summed E-state index contributed by atoms with van der Waals surface area (Å²) in [5, 5.41) is 12.5. The summed E-state index contributed by atoms with van der Waals surface area (Å²) in [5.74, 6) is 0. The second-order valence-corrected chi connectivity index (χ2v) is 5.81. The predicted molar refractivity (Wildman–Crippen MR) is 87.3 cm³/mol. The van der Waals surface area contributed by atoms with Crippen molar-refractivity contribution in [2.75, 3.05) is 38.3 Å². The minimum Gasteiger partial charge on any atom is -0.395 e. The van der Waals surface area contributed by atoms with Crippen molar-refractivity contribution in [3.8, 4) is 0 Å². The molecule has 1 rings (SSSR count). The van der Waals surface area contributed by atoms with Gasteiger partial charge in [-0.15, -0.1) is 0 Å². The van der Waals surface area contributed by atoms with Gasteiger partial charge in [-0.2, -0.15) is 0 Å². The Balaban J connectivity index is 2.70. The zero-order valence-corrected chi connectivity index (χ0v) is 14.1. The minimum absolute atomic E-state index is 0.163. The highest BCUT2D eigenvalue weighted by molar-refractivity contribution is 9.10. The van der Waals surface area contributed by atoms with Crippen LogP contribution < -0.4 is 10.2 Å². The number of aliphatic hydroxyl groups excluding tert-OH is 1. The van der Waals surface area contributed by atoms with E-state index in [0.29, 0.717) is 19.2 Å². The van der Waals surface area contributed by atoms with Gasteiger partial charge in [0.1, 0.15) is 0 Å². The topological polar surface area (TPSA) is 44.7 Å². The van der Waals surface area contributed by atoms with Crippen LogP contribution in [0, 0.1) is 0 Å². The fourth-order valence-electron chi connectivity index (χ4n) is 2.05. The summed E-state index contributed by atoms with van der Waals surface area (Å²) < 4.78 is 6.10. The van der Waals surface area contributed by atoms with Crippen LogP contribution >= 0.6 is 15.9 Å². The first-order valence-corrected chi connectivity index (χ1v) is 7.75. The van der Waals surface area contributed by atoms with E-state index < -0.39 is 0 Å². The normalized spacial score (nSPS) is 11.1. The van der Waals surface area contributed by atoms with Gasteiger partial charge in [-0.3, -0.25) is 0 Å². The first-order valence-electron chi connectivity index (χ1n) is 6.95. The molecule has 0 saturated heterocycles. The number of hydrogen-bond donors (Lipinski definition) is 2. The van der Waals surface area contributed by atoms with E-state index in [1.807, 2.05) is 0 Å². The molecule has 0 aliphatic heterocycles. The van der Waals surface area contributed by atoms with Crippen molar-refractivity contribution in [2.45, 2.75) is 26.4 Å². The van der Waals surface area contributed by atoms with Crippen molar-refractivity contribution < 1.29 is 9.84 Å². The summed E-state index contributed by atoms with van der Waals surface area (Å²) >= 11 is 3.62. The lowest BCUT2D eigenvalue weighted by atomic mass is 10.1. The van der Waals surface area contributed by atoms with Crippen molar-refractivity contribution in [2.24, 2.45) is 0 Å². The van der Waals surface area contributed by atoms with E-state index >= 15 is 0 Å². The molecule has 0 atom stereocenters. The Morgan fingerprint density at radius 3 is 2.70 bits per heavy atom. The minimum atomic E-state index is 0.163. The van der Waals surface area contributed by atoms with Gasteiger partial charge >= 0.3 is 0 Å². The lowest BCUT2D eigenvalue weighted by Gasteiger charge is -2.28. The maximum absolute atomic E-state index is 9.16. The lowest BCUT2D eigenvalue weighted by Crippen LogP contribution is -2.33. The van der Waals surface area contributed by atoms with E-state index in [4.69, 9.17) is 9.84 Å². The Hall–Kier alpha value is -0.620. The van der Waals surface area contributed by atoms with Crippen molar-refractivity contribution in [1.29, 1.82) is 0 Å². The molecule has 0 amide bonds. The van der Waals surface area contributed by atoms with Gasteiger partial charge in [0.15, 0.2) is 0 Å². The Morgan fingerprint density at radius 2 is 2.15 bits per heavy atom. The molecular weight excluding hydrogens is 320 g/mol. The smallest absolute Gasteiger partial charge is 0.0606 e. The molecule has 1 aromatic carbocycles. The van der Waals surface area contributed by atoms with E-state index in [1.165, 1.54) is 5.56 Å². The molecule has 0 heterocycles. The fraction of sp³-hybridized carbons (Fsp3) is 0.600. The molecule has 0 saturated carbocycles. The Morgan fingerprint density at radius 1 is 1.40 bits per heavy atom. The van der Waals surface area contributed by atoms with E-state index in [0.717, 1.165) is 23.2 Å². The molecule has 2 N–H and O–H groups in total. The number of aliphatic hydroxyl groups is 1. The number of hydrogen-bond acceptors (Lipinski definition) is 4. The molecule has 20 heavy (non-hydrogen) atoms. The summed E-state index contributed by atoms with van der Waals surface area (Å²) in [7, 11) is 1.70. The van der Waals surface area contributed by atoms with Crippen LogP contribution in [-0.4, -0.2) is 44.6 Å². The van der Waals surface area contributed by atoms with Crippen molar-refractivity contribution in [1.82, 2.24) is 5.32 Å². The molecule has 0 aromatic heterocycles. The fourth-order valence-corrected chi connectivity index (χ4v) is 2.56. The number of benzene rings is 1. The average Bonchev–Trinajstić information content (AvgIpc) is 2.42. The van der Waals surface area contributed by atoms with Gasteiger partial charge in [0.05, 0.1) is 13.2 Å². The number of rotatable bonds is 9. The van der Waals surface area contributed by atoms with E-state index in [1.54, 1.807) is 7.11 Å². The molecular formula is C15H25BrN2O2. The highest BCUT2D eigenvalue weighted by atomic mass is 79.9. The lowest BCUT2D eigenvalue weighted by molar-refractivity contribution is 0.199. The molecule has 5 heteroatoms. The highest BCUT2D eigenvalue weighted by Crippen LogP contribution is 2.25. The van der Waals surface area contributed by atoms with Crippen molar-refractivity contribution in [3.05, 3.63) is 28.2 Å². The maximum Gasteiger partial charge on any atom is 0.0606 e. The number of methoxy groups -OCH3 is 1. The van der Waals surface area contributed by atoms with Crippen LogP contribution in [0.1, 0.15) is 19.4 Å². The van der Waals surface area contributed by atoms with Crippen LogP contribution in [0.25, 0.3) is 0 Å². The molecule has 0 bridgehead atoms. The molecule has 0 spiro atoms. The maximum atomic E-state index is 9.16. The van der Waals surface area contributed by atoms with E-state index in [2.05, 4.69) is 58.2 Å². The first-order chi connectivity index (χ1) is 9.60. The van der Waals surface area contributed by atoms with Crippen molar-refractivity contribution in [3.63, 3.8) is 0 Å². The summed E-state index contributed by atoms with van der Waals surface area (Å²) in [6.07, 6.45) is 0. The molecule has 0 unspecified atom stereocenters. The number of nitrogens with zero attached hydrogens (tertiary/aromatic N) is 1. The second kappa shape index (κ2) is 9.34. The van der Waals surface area contributed by atoms with Crippen LogP contribution in [0.5, 0.6) is 0 Å². The molecule has 114 valence electrons. The van der Waals surface area contributed by atoms with E-state index in [-0.39, 0.29) is 6.61 Å². The molecule has 4 nitrogen and oxygen atoms in total. The number of halogens is 1. The summed E-state index contributed by atoms with van der Waals surface area (Å²) in [4.78, 5) is 2.19.